The molecule has 0 aromatic rings. The lowest BCUT2D eigenvalue weighted by Gasteiger charge is -2.24. The minimum atomic E-state index is -0.359. The Hall–Kier alpha value is -1.02. The molecule has 0 saturated carbocycles. The molecule has 0 fully saturated rings. The zero-order chi connectivity index (χ0) is 8.55. The molecule has 1 aliphatic heterocycles. The Kier molecular flexibility index (Phi) is 1.77. The summed E-state index contributed by atoms with van der Waals surface area (Å²) in [6, 6.07) is -0.359. The van der Waals surface area contributed by atoms with Gasteiger partial charge in [-0.2, -0.15) is 0 Å². The molecule has 12 heavy (non-hydrogen) atoms. The zero-order valence-corrected chi connectivity index (χ0v) is 7.03. The van der Waals surface area contributed by atoms with E-state index in [4.69, 9.17) is 11.6 Å². The number of rotatable bonds is 0. The number of hydrogen-bond acceptors (Lipinski definition) is 1. The Morgan fingerprint density at radius 3 is 3.08 bits per heavy atom. The molecule has 2 nitrogen and oxygen atoms in total. The van der Waals surface area contributed by atoms with Crippen molar-refractivity contribution in [2.75, 3.05) is 0 Å². The van der Waals surface area contributed by atoms with Gasteiger partial charge in [0, 0.05) is 6.20 Å². The Morgan fingerprint density at radius 1 is 1.50 bits per heavy atom. The van der Waals surface area contributed by atoms with Crippen molar-refractivity contribution >= 4 is 17.4 Å². The fourth-order valence-electron chi connectivity index (χ4n) is 1.33. The number of fused-ring (bicyclic) bond motifs is 1. The lowest BCUT2D eigenvalue weighted by molar-refractivity contribution is -0.115. The van der Waals surface area contributed by atoms with Gasteiger partial charge in [-0.1, -0.05) is 12.2 Å². The van der Waals surface area contributed by atoms with Gasteiger partial charge < -0.3 is 0 Å². The summed E-state index contributed by atoms with van der Waals surface area (Å²) >= 11 is 5.95. The van der Waals surface area contributed by atoms with E-state index in [1.165, 1.54) is 6.08 Å². The Bertz CT molecular complexity index is 304. The van der Waals surface area contributed by atoms with E-state index in [1.807, 2.05) is 6.08 Å². The van der Waals surface area contributed by atoms with Crippen LogP contribution >= 0.6 is 11.6 Å². The molecule has 61 valence electrons. The van der Waals surface area contributed by atoms with Gasteiger partial charge in [0.15, 0.2) is 5.78 Å². The first-order chi connectivity index (χ1) is 5.79. The Balaban J connectivity index is 2.39. The fourth-order valence-corrected chi connectivity index (χ4v) is 1.59. The second-order valence-corrected chi connectivity index (χ2v) is 3.19. The van der Waals surface area contributed by atoms with Gasteiger partial charge >= 0.3 is 0 Å². The SMILES string of the molecule is O=C1C=CC(Cl)C2=CC=C[N]C12. The van der Waals surface area contributed by atoms with E-state index < -0.39 is 0 Å². The third kappa shape index (κ3) is 1.08. The number of ketones is 1. The van der Waals surface area contributed by atoms with Crippen LogP contribution in [-0.2, 0) is 4.79 Å². The molecule has 0 bridgehead atoms. The van der Waals surface area contributed by atoms with Crippen LogP contribution in [0.25, 0.3) is 0 Å². The van der Waals surface area contributed by atoms with Gasteiger partial charge in [-0.25, -0.2) is 0 Å². The molecule has 2 rings (SSSR count). The van der Waals surface area contributed by atoms with Gasteiger partial charge in [-0.05, 0) is 17.7 Å². The molecule has 0 saturated heterocycles. The molecule has 0 aromatic heterocycles. The highest BCUT2D eigenvalue weighted by atomic mass is 35.5. The van der Waals surface area contributed by atoms with Gasteiger partial charge in [0.05, 0.1) is 5.38 Å². The summed E-state index contributed by atoms with van der Waals surface area (Å²) in [7, 11) is 0. The highest BCUT2D eigenvalue weighted by Gasteiger charge is 2.29. The van der Waals surface area contributed by atoms with Crippen molar-refractivity contribution in [1.29, 1.82) is 0 Å². The molecule has 2 unspecified atom stereocenters. The average Bonchev–Trinajstić information content (AvgIpc) is 2.12. The molecule has 3 heteroatoms. The molecule has 1 heterocycles. The van der Waals surface area contributed by atoms with Crippen molar-refractivity contribution < 1.29 is 4.79 Å². The maximum atomic E-state index is 11.3. The topological polar surface area (TPSA) is 31.2 Å². The van der Waals surface area contributed by atoms with Gasteiger partial charge in [0.2, 0.25) is 0 Å². The van der Waals surface area contributed by atoms with Gasteiger partial charge in [-0.3, -0.25) is 10.1 Å². The van der Waals surface area contributed by atoms with Gasteiger partial charge in [0.1, 0.15) is 6.04 Å². The van der Waals surface area contributed by atoms with Crippen LogP contribution in [0.15, 0.2) is 36.1 Å². The van der Waals surface area contributed by atoms with E-state index >= 15 is 0 Å². The second kappa shape index (κ2) is 2.79. The van der Waals surface area contributed by atoms with E-state index in [9.17, 15) is 4.79 Å². The van der Waals surface area contributed by atoms with Crippen LogP contribution < -0.4 is 5.32 Å². The summed E-state index contributed by atoms with van der Waals surface area (Å²) in [5.41, 5.74) is 0.881. The Labute approximate surface area is 75.6 Å². The summed E-state index contributed by atoms with van der Waals surface area (Å²) in [6.07, 6.45) is 8.49. The molecule has 1 aliphatic carbocycles. The van der Waals surface area contributed by atoms with E-state index in [0.717, 1.165) is 5.57 Å². The number of nitrogens with zero attached hydrogens (tertiary/aromatic N) is 1. The quantitative estimate of drug-likeness (QED) is 0.515. The maximum Gasteiger partial charge on any atom is 0.184 e. The van der Waals surface area contributed by atoms with Crippen LogP contribution in [-0.4, -0.2) is 17.2 Å². The smallest absolute Gasteiger partial charge is 0.184 e. The predicted molar refractivity (Wildman–Crippen MR) is 46.9 cm³/mol. The van der Waals surface area contributed by atoms with E-state index in [1.54, 1.807) is 18.4 Å². The maximum absolute atomic E-state index is 11.3. The van der Waals surface area contributed by atoms with Crippen LogP contribution in [0.4, 0.5) is 0 Å². The number of hydrogen-bond donors (Lipinski definition) is 0. The Morgan fingerprint density at radius 2 is 2.33 bits per heavy atom. The number of alkyl halides is 1. The first-order valence-corrected chi connectivity index (χ1v) is 4.15. The second-order valence-electron chi connectivity index (χ2n) is 2.72. The van der Waals surface area contributed by atoms with Crippen molar-refractivity contribution in [3.05, 3.63) is 36.1 Å². The molecule has 2 aliphatic rings. The van der Waals surface area contributed by atoms with E-state index in [0.29, 0.717) is 0 Å². The third-order valence-corrected chi connectivity index (χ3v) is 2.34. The molecular weight excluding hydrogens is 174 g/mol. The number of carbonyl (C=O) groups excluding carboxylic acids is 1. The molecule has 2 atom stereocenters. The van der Waals surface area contributed by atoms with Crippen LogP contribution in [0.1, 0.15) is 0 Å². The monoisotopic (exact) mass is 180 g/mol. The predicted octanol–water partition coefficient (Wildman–Crippen LogP) is 1.16. The summed E-state index contributed by atoms with van der Waals surface area (Å²) < 4.78 is 0. The highest BCUT2D eigenvalue weighted by Crippen LogP contribution is 2.23. The van der Waals surface area contributed by atoms with Crippen molar-refractivity contribution in [2.24, 2.45) is 0 Å². The fraction of sp³-hybridized carbons (Fsp3) is 0.222. The number of allylic oxidation sites excluding steroid dienone is 3. The molecule has 0 aromatic carbocycles. The first kappa shape index (κ1) is 7.62. The first-order valence-electron chi connectivity index (χ1n) is 3.72. The summed E-state index contributed by atoms with van der Waals surface area (Å²) in [5.74, 6) is 0.0162. The molecular formula is C9H7ClNO. The van der Waals surface area contributed by atoms with Crippen molar-refractivity contribution in [2.45, 2.75) is 11.4 Å². The van der Waals surface area contributed by atoms with E-state index in [2.05, 4.69) is 5.32 Å². The summed E-state index contributed by atoms with van der Waals surface area (Å²) in [6.45, 7) is 0. The van der Waals surface area contributed by atoms with Gasteiger partial charge in [-0.15, -0.1) is 11.6 Å². The minimum absolute atomic E-state index is 0.0162. The molecule has 1 radical (unpaired) electrons. The standard InChI is InChI=1S/C9H7ClNO/c10-7-3-4-8(12)9-6(7)2-1-5-11-9/h1-5,7,9H. The van der Waals surface area contributed by atoms with Gasteiger partial charge in [0.25, 0.3) is 0 Å². The van der Waals surface area contributed by atoms with E-state index in [-0.39, 0.29) is 17.2 Å². The zero-order valence-electron chi connectivity index (χ0n) is 6.27. The third-order valence-electron chi connectivity index (χ3n) is 1.94. The lowest BCUT2D eigenvalue weighted by atomic mass is 9.92. The number of halogens is 1. The molecule has 0 spiro atoms. The lowest BCUT2D eigenvalue weighted by Crippen LogP contribution is -2.36. The van der Waals surface area contributed by atoms with Crippen LogP contribution in [0.5, 0.6) is 0 Å². The summed E-state index contributed by atoms with van der Waals surface area (Å²) in [5, 5.41) is 3.87. The minimum Gasteiger partial charge on any atom is -0.292 e. The van der Waals surface area contributed by atoms with Crippen LogP contribution in [0.3, 0.4) is 0 Å². The van der Waals surface area contributed by atoms with Crippen molar-refractivity contribution in [3.63, 3.8) is 0 Å². The molecule has 0 amide bonds. The average molecular weight is 181 g/mol. The van der Waals surface area contributed by atoms with Crippen LogP contribution in [0.2, 0.25) is 0 Å². The molecule has 0 N–H and O–H groups in total. The van der Waals surface area contributed by atoms with Crippen molar-refractivity contribution in [3.8, 4) is 0 Å². The van der Waals surface area contributed by atoms with Crippen LogP contribution in [0, 0.1) is 0 Å². The highest BCUT2D eigenvalue weighted by molar-refractivity contribution is 6.25. The largest absolute Gasteiger partial charge is 0.292 e. The van der Waals surface area contributed by atoms with Crippen molar-refractivity contribution in [1.82, 2.24) is 5.32 Å². The number of carbonyl (C=O) groups is 1. The summed E-state index contributed by atoms with van der Waals surface area (Å²) in [4.78, 5) is 11.3. The normalized spacial score (nSPS) is 32.4.